The van der Waals surface area contributed by atoms with Gasteiger partial charge in [0, 0.05) is 18.5 Å². The first kappa shape index (κ1) is 23.8. The normalized spacial score (nSPS) is 19.2. The monoisotopic (exact) mass is 464 g/mol. The third-order valence-corrected chi connectivity index (χ3v) is 7.05. The van der Waals surface area contributed by atoms with Crippen LogP contribution in [-0.2, 0) is 14.3 Å². The maximum absolute atomic E-state index is 12.9. The molecule has 3 N–H and O–H groups in total. The van der Waals surface area contributed by atoms with Crippen molar-refractivity contribution in [2.24, 2.45) is 11.3 Å². The molecule has 2 aromatic rings. The van der Waals surface area contributed by atoms with E-state index in [1.54, 1.807) is 13.8 Å². The third kappa shape index (κ3) is 5.08. The van der Waals surface area contributed by atoms with Crippen LogP contribution in [0.3, 0.4) is 0 Å². The summed E-state index contributed by atoms with van der Waals surface area (Å²) in [6, 6.07) is 16.2. The Balaban J connectivity index is 1.30. The molecule has 0 saturated heterocycles. The van der Waals surface area contributed by atoms with Crippen LogP contribution in [0.1, 0.15) is 56.6 Å². The Morgan fingerprint density at radius 1 is 1.00 bits per heavy atom. The number of aliphatic carboxylic acids is 1. The summed E-state index contributed by atoms with van der Waals surface area (Å²) in [7, 11) is 0. The van der Waals surface area contributed by atoms with Crippen LogP contribution < -0.4 is 10.6 Å². The van der Waals surface area contributed by atoms with Crippen LogP contribution in [0.2, 0.25) is 0 Å². The van der Waals surface area contributed by atoms with E-state index in [1.165, 1.54) is 0 Å². The smallest absolute Gasteiger partial charge is 0.407 e. The number of nitrogens with one attached hydrogen (secondary N) is 2. The average molecular weight is 465 g/mol. The minimum absolute atomic E-state index is 0.0250. The van der Waals surface area contributed by atoms with Gasteiger partial charge in [-0.05, 0) is 54.9 Å². The first-order valence-corrected chi connectivity index (χ1v) is 11.9. The van der Waals surface area contributed by atoms with Crippen molar-refractivity contribution in [2.45, 2.75) is 51.5 Å². The van der Waals surface area contributed by atoms with Gasteiger partial charge in [0.1, 0.15) is 6.61 Å². The lowest BCUT2D eigenvalue weighted by molar-refractivity contribution is -0.139. The zero-order chi connectivity index (χ0) is 24.3. The average Bonchev–Trinajstić information content (AvgIpc) is 3.37. The molecule has 0 aliphatic heterocycles. The number of ether oxygens (including phenoxy) is 1. The highest BCUT2D eigenvalue weighted by Crippen LogP contribution is 2.44. The molecule has 0 radical (unpaired) electrons. The van der Waals surface area contributed by atoms with Gasteiger partial charge in [-0.25, -0.2) is 4.79 Å². The van der Waals surface area contributed by atoms with Crippen molar-refractivity contribution >= 4 is 18.0 Å². The van der Waals surface area contributed by atoms with Crippen molar-refractivity contribution in [3.05, 3.63) is 59.7 Å². The SMILES string of the molecule is CC(C)(CNC(=O)OCC1c2ccccc2-c2ccccc21)C(=O)N[C@@H]1CCC[C@H]1CC(=O)O. The number of alkyl carbamates (subject to hydrolysis) is 1. The second kappa shape index (κ2) is 9.87. The fourth-order valence-electron chi connectivity index (χ4n) is 5.08. The molecule has 2 atom stereocenters. The van der Waals surface area contributed by atoms with Gasteiger partial charge in [0.2, 0.25) is 5.91 Å². The Bertz CT molecular complexity index is 1030. The van der Waals surface area contributed by atoms with Crippen molar-refractivity contribution in [1.82, 2.24) is 10.6 Å². The minimum atomic E-state index is -0.859. The number of carbonyl (C=O) groups excluding carboxylic acids is 2. The fraction of sp³-hybridized carbons (Fsp3) is 0.444. The Morgan fingerprint density at radius 2 is 1.62 bits per heavy atom. The quantitative estimate of drug-likeness (QED) is 0.540. The summed E-state index contributed by atoms with van der Waals surface area (Å²) < 4.78 is 5.56. The van der Waals surface area contributed by atoms with E-state index in [0.29, 0.717) is 0 Å². The Labute approximate surface area is 199 Å². The van der Waals surface area contributed by atoms with E-state index in [0.717, 1.165) is 41.5 Å². The van der Waals surface area contributed by atoms with Gasteiger partial charge in [-0.15, -0.1) is 0 Å². The highest BCUT2D eigenvalue weighted by atomic mass is 16.5. The van der Waals surface area contributed by atoms with E-state index in [4.69, 9.17) is 9.84 Å². The van der Waals surface area contributed by atoms with Crippen LogP contribution >= 0.6 is 0 Å². The van der Waals surface area contributed by atoms with E-state index < -0.39 is 17.5 Å². The predicted octanol–water partition coefficient (Wildman–Crippen LogP) is 4.31. The molecule has 2 amide bonds. The number of carbonyl (C=O) groups is 3. The molecular formula is C27H32N2O5. The first-order chi connectivity index (χ1) is 16.3. The molecule has 1 fully saturated rings. The Hall–Kier alpha value is -3.35. The highest BCUT2D eigenvalue weighted by Gasteiger charge is 2.35. The molecular weight excluding hydrogens is 432 g/mol. The fourth-order valence-corrected chi connectivity index (χ4v) is 5.08. The topological polar surface area (TPSA) is 105 Å². The molecule has 0 aromatic heterocycles. The van der Waals surface area contributed by atoms with E-state index in [9.17, 15) is 14.4 Å². The van der Waals surface area contributed by atoms with Crippen LogP contribution in [0.4, 0.5) is 4.79 Å². The van der Waals surface area contributed by atoms with E-state index in [-0.39, 0.29) is 43.4 Å². The summed E-state index contributed by atoms with van der Waals surface area (Å²) in [6.07, 6.45) is 1.98. The molecule has 7 nitrogen and oxygen atoms in total. The number of carboxylic acid groups (broad SMARTS) is 1. The zero-order valence-electron chi connectivity index (χ0n) is 19.7. The van der Waals surface area contributed by atoms with Crippen molar-refractivity contribution in [2.75, 3.05) is 13.2 Å². The minimum Gasteiger partial charge on any atom is -0.481 e. The molecule has 34 heavy (non-hydrogen) atoms. The van der Waals surface area contributed by atoms with Crippen LogP contribution in [-0.4, -0.2) is 42.3 Å². The number of amides is 2. The van der Waals surface area contributed by atoms with Gasteiger partial charge < -0.3 is 20.5 Å². The summed E-state index contributed by atoms with van der Waals surface area (Å²) in [6.45, 7) is 3.84. The number of benzene rings is 2. The summed E-state index contributed by atoms with van der Waals surface area (Å²) in [5, 5.41) is 14.8. The molecule has 180 valence electrons. The number of hydrogen-bond acceptors (Lipinski definition) is 4. The second-order valence-electron chi connectivity index (χ2n) is 9.93. The standard InChI is InChI=1S/C27H32N2O5/c1-27(2,25(32)29-23-13-7-8-17(23)14-24(30)31)16-28-26(33)34-15-22-20-11-5-3-9-18(20)19-10-4-6-12-21(19)22/h3-6,9-12,17,22-23H,7-8,13-16H2,1-2H3,(H,28,33)(H,29,32)(H,30,31)/t17-,23+/m0/s1. The van der Waals surface area contributed by atoms with Crippen molar-refractivity contribution in [3.63, 3.8) is 0 Å². The molecule has 7 heteroatoms. The van der Waals surface area contributed by atoms with E-state index in [2.05, 4.69) is 34.9 Å². The van der Waals surface area contributed by atoms with Gasteiger partial charge >= 0.3 is 12.1 Å². The van der Waals surface area contributed by atoms with Gasteiger partial charge in [-0.3, -0.25) is 9.59 Å². The Kier molecular flexibility index (Phi) is 6.91. The number of carboxylic acids is 1. The van der Waals surface area contributed by atoms with Gasteiger partial charge in [0.05, 0.1) is 11.8 Å². The molecule has 0 bridgehead atoms. The molecule has 0 spiro atoms. The van der Waals surface area contributed by atoms with Crippen molar-refractivity contribution in [1.29, 1.82) is 0 Å². The molecule has 1 saturated carbocycles. The van der Waals surface area contributed by atoms with Gasteiger partial charge in [-0.2, -0.15) is 0 Å². The maximum Gasteiger partial charge on any atom is 0.407 e. The van der Waals surface area contributed by atoms with Crippen LogP contribution in [0.5, 0.6) is 0 Å². The molecule has 2 aliphatic carbocycles. The number of rotatable bonds is 8. The lowest BCUT2D eigenvalue weighted by Crippen LogP contribution is -2.49. The first-order valence-electron chi connectivity index (χ1n) is 11.9. The molecule has 0 unspecified atom stereocenters. The lowest BCUT2D eigenvalue weighted by Gasteiger charge is -2.28. The van der Waals surface area contributed by atoms with E-state index in [1.807, 2.05) is 24.3 Å². The van der Waals surface area contributed by atoms with Crippen molar-refractivity contribution < 1.29 is 24.2 Å². The third-order valence-electron chi connectivity index (χ3n) is 7.05. The number of fused-ring (bicyclic) bond motifs is 3. The Morgan fingerprint density at radius 3 is 2.24 bits per heavy atom. The molecule has 4 rings (SSSR count). The molecule has 2 aromatic carbocycles. The lowest BCUT2D eigenvalue weighted by atomic mass is 9.90. The number of hydrogen-bond donors (Lipinski definition) is 3. The van der Waals surface area contributed by atoms with E-state index >= 15 is 0 Å². The van der Waals surface area contributed by atoms with Crippen LogP contribution in [0, 0.1) is 11.3 Å². The maximum atomic E-state index is 12.9. The molecule has 2 aliphatic rings. The summed E-state index contributed by atoms with van der Waals surface area (Å²) in [4.78, 5) is 36.4. The second-order valence-corrected chi connectivity index (χ2v) is 9.93. The van der Waals surface area contributed by atoms with Crippen LogP contribution in [0.15, 0.2) is 48.5 Å². The van der Waals surface area contributed by atoms with Gasteiger partial charge in [0.25, 0.3) is 0 Å². The zero-order valence-corrected chi connectivity index (χ0v) is 19.7. The molecule has 0 heterocycles. The summed E-state index contributed by atoms with van der Waals surface area (Å²) >= 11 is 0. The largest absolute Gasteiger partial charge is 0.481 e. The van der Waals surface area contributed by atoms with Gasteiger partial charge in [-0.1, -0.05) is 55.0 Å². The van der Waals surface area contributed by atoms with Crippen molar-refractivity contribution in [3.8, 4) is 11.1 Å². The summed E-state index contributed by atoms with van der Waals surface area (Å²) in [5.41, 5.74) is 3.76. The van der Waals surface area contributed by atoms with Gasteiger partial charge in [0.15, 0.2) is 0 Å². The predicted molar refractivity (Wildman–Crippen MR) is 128 cm³/mol. The summed E-state index contributed by atoms with van der Waals surface area (Å²) in [5.74, 6) is -1.12. The van der Waals surface area contributed by atoms with Crippen LogP contribution in [0.25, 0.3) is 11.1 Å². The highest BCUT2D eigenvalue weighted by molar-refractivity contribution is 5.83.